The normalized spacial score (nSPS) is 9.93. The van der Waals surface area contributed by atoms with Crippen molar-refractivity contribution in [3.05, 3.63) is 29.8 Å². The number of hydrogen-bond donors (Lipinski definition) is 2. The summed E-state index contributed by atoms with van der Waals surface area (Å²) in [6.45, 7) is 1.93. The summed E-state index contributed by atoms with van der Waals surface area (Å²) >= 11 is 0. The molecule has 4 heteroatoms. The van der Waals surface area contributed by atoms with E-state index >= 15 is 0 Å². The third kappa shape index (κ3) is 2.68. The quantitative estimate of drug-likeness (QED) is 0.534. The molecule has 2 N–H and O–H groups in total. The molecular weight excluding hydrogens is 179 g/mol. The van der Waals surface area contributed by atoms with Crippen LogP contribution >= 0.6 is 0 Å². The van der Waals surface area contributed by atoms with Crippen molar-refractivity contribution in [2.75, 3.05) is 0 Å². The molecule has 3 nitrogen and oxygen atoms in total. The molecule has 0 spiro atoms. The molecule has 0 saturated heterocycles. The summed E-state index contributed by atoms with van der Waals surface area (Å²) in [7, 11) is -1.51. The molecule has 0 bridgehead atoms. The summed E-state index contributed by atoms with van der Waals surface area (Å²) in [5.41, 5.74) is 0.893. The lowest BCUT2D eigenvalue weighted by Gasteiger charge is -2.02. The lowest BCUT2D eigenvalue weighted by Crippen LogP contribution is -2.30. The Labute approximate surface area is 83.5 Å². The van der Waals surface area contributed by atoms with Gasteiger partial charge < -0.3 is 10.0 Å². The monoisotopic (exact) mass is 192 g/mol. The van der Waals surface area contributed by atoms with Crippen molar-refractivity contribution < 1.29 is 14.8 Å². The van der Waals surface area contributed by atoms with E-state index in [-0.39, 0.29) is 5.78 Å². The number of hydrogen-bond acceptors (Lipinski definition) is 3. The zero-order chi connectivity index (χ0) is 10.6. The molecular formula is C10H13BO3. The van der Waals surface area contributed by atoms with E-state index in [9.17, 15) is 4.79 Å². The van der Waals surface area contributed by atoms with Crippen LogP contribution in [0.25, 0.3) is 0 Å². The molecule has 0 atom stereocenters. The van der Waals surface area contributed by atoms with Gasteiger partial charge in [0.15, 0.2) is 5.78 Å². The van der Waals surface area contributed by atoms with Gasteiger partial charge in [0.05, 0.1) is 0 Å². The Bertz CT molecular complexity index is 323. The molecule has 0 aliphatic rings. The third-order valence-electron chi connectivity index (χ3n) is 1.98. The Morgan fingerprint density at radius 3 is 2.71 bits per heavy atom. The highest BCUT2D eigenvalue weighted by Gasteiger charge is 2.12. The van der Waals surface area contributed by atoms with Gasteiger partial charge in [-0.05, 0) is 11.9 Å². The highest BCUT2D eigenvalue weighted by molar-refractivity contribution is 6.58. The van der Waals surface area contributed by atoms with Crippen LogP contribution in [-0.2, 0) is 0 Å². The number of carbonyl (C=O) groups excluding carboxylic acids is 1. The van der Waals surface area contributed by atoms with Crippen LogP contribution in [-0.4, -0.2) is 22.9 Å². The van der Waals surface area contributed by atoms with Gasteiger partial charge in [-0.3, -0.25) is 4.79 Å². The van der Waals surface area contributed by atoms with Gasteiger partial charge in [-0.2, -0.15) is 0 Å². The average Bonchev–Trinajstić information content (AvgIpc) is 2.18. The summed E-state index contributed by atoms with van der Waals surface area (Å²) in [4.78, 5) is 11.5. The molecule has 0 aromatic heterocycles. The molecule has 0 aliphatic carbocycles. The van der Waals surface area contributed by atoms with Crippen LogP contribution in [0.3, 0.4) is 0 Å². The fourth-order valence-corrected chi connectivity index (χ4v) is 1.24. The lowest BCUT2D eigenvalue weighted by molar-refractivity contribution is 0.0982. The van der Waals surface area contributed by atoms with E-state index < -0.39 is 7.12 Å². The van der Waals surface area contributed by atoms with E-state index in [1.165, 1.54) is 6.07 Å². The van der Waals surface area contributed by atoms with Crippen LogP contribution in [0.2, 0.25) is 0 Å². The van der Waals surface area contributed by atoms with Crippen LogP contribution in [0.1, 0.15) is 30.1 Å². The van der Waals surface area contributed by atoms with Gasteiger partial charge in [-0.25, -0.2) is 0 Å². The smallest absolute Gasteiger partial charge is 0.423 e. The number of carbonyl (C=O) groups is 1. The van der Waals surface area contributed by atoms with Crippen molar-refractivity contribution in [1.29, 1.82) is 0 Å². The molecule has 1 aromatic rings. The summed E-state index contributed by atoms with van der Waals surface area (Å²) < 4.78 is 0. The molecule has 14 heavy (non-hydrogen) atoms. The third-order valence-corrected chi connectivity index (χ3v) is 1.98. The van der Waals surface area contributed by atoms with Crippen LogP contribution in [0, 0.1) is 0 Å². The minimum atomic E-state index is -1.51. The van der Waals surface area contributed by atoms with Crippen LogP contribution in [0.5, 0.6) is 0 Å². The topological polar surface area (TPSA) is 57.5 Å². The van der Waals surface area contributed by atoms with E-state index in [1.54, 1.807) is 18.2 Å². The fraction of sp³-hybridized carbons (Fsp3) is 0.300. The second-order valence-electron chi connectivity index (χ2n) is 3.17. The first-order chi connectivity index (χ1) is 6.65. The number of benzene rings is 1. The molecule has 1 aromatic carbocycles. The van der Waals surface area contributed by atoms with Crippen molar-refractivity contribution in [3.8, 4) is 0 Å². The van der Waals surface area contributed by atoms with Gasteiger partial charge in [0, 0.05) is 12.0 Å². The van der Waals surface area contributed by atoms with Crippen molar-refractivity contribution in [1.82, 2.24) is 0 Å². The summed E-state index contributed by atoms with van der Waals surface area (Å²) in [5.74, 6) is 0.0370. The molecule has 0 fully saturated rings. The highest BCUT2D eigenvalue weighted by atomic mass is 16.4. The maximum absolute atomic E-state index is 11.5. The first-order valence-corrected chi connectivity index (χ1v) is 4.64. The molecule has 0 aliphatic heterocycles. The highest BCUT2D eigenvalue weighted by Crippen LogP contribution is 2.03. The van der Waals surface area contributed by atoms with Crippen molar-refractivity contribution in [2.45, 2.75) is 19.8 Å². The predicted octanol–water partition coefficient (Wildman–Crippen LogP) is 0.349. The van der Waals surface area contributed by atoms with E-state index in [1.807, 2.05) is 6.92 Å². The second-order valence-corrected chi connectivity index (χ2v) is 3.17. The van der Waals surface area contributed by atoms with Gasteiger partial charge in [0.25, 0.3) is 0 Å². The average molecular weight is 192 g/mol. The lowest BCUT2D eigenvalue weighted by atomic mass is 9.79. The van der Waals surface area contributed by atoms with Crippen LogP contribution < -0.4 is 5.46 Å². The van der Waals surface area contributed by atoms with Gasteiger partial charge in [-0.1, -0.05) is 31.2 Å². The summed E-state index contributed by atoms with van der Waals surface area (Å²) in [6, 6.07) is 6.43. The SMILES string of the molecule is CCCC(=O)c1cccc(B(O)O)c1. The Hall–Kier alpha value is -1.13. The van der Waals surface area contributed by atoms with Gasteiger partial charge in [0.1, 0.15) is 0 Å². The van der Waals surface area contributed by atoms with Gasteiger partial charge in [0.2, 0.25) is 0 Å². The summed E-state index contributed by atoms with van der Waals surface area (Å²) in [6.07, 6.45) is 1.29. The Morgan fingerprint density at radius 1 is 1.43 bits per heavy atom. The molecule has 0 heterocycles. The van der Waals surface area contributed by atoms with Crippen molar-refractivity contribution >= 4 is 18.4 Å². The number of ketones is 1. The molecule has 0 saturated carbocycles. The fourth-order valence-electron chi connectivity index (χ4n) is 1.24. The number of rotatable bonds is 4. The zero-order valence-corrected chi connectivity index (χ0v) is 8.10. The summed E-state index contributed by atoms with van der Waals surface area (Å²) in [5, 5.41) is 17.8. The Kier molecular flexibility index (Phi) is 3.86. The molecule has 1 rings (SSSR count). The van der Waals surface area contributed by atoms with Crippen LogP contribution in [0.4, 0.5) is 0 Å². The van der Waals surface area contributed by atoms with E-state index in [0.717, 1.165) is 6.42 Å². The van der Waals surface area contributed by atoms with Crippen molar-refractivity contribution in [2.24, 2.45) is 0 Å². The first-order valence-electron chi connectivity index (χ1n) is 4.64. The van der Waals surface area contributed by atoms with E-state index in [0.29, 0.717) is 17.4 Å². The number of Topliss-reactive ketones (excluding diaryl/α,β-unsaturated/α-hetero) is 1. The molecule has 0 radical (unpaired) electrons. The Balaban J connectivity index is 2.88. The van der Waals surface area contributed by atoms with Crippen LogP contribution in [0.15, 0.2) is 24.3 Å². The minimum absolute atomic E-state index is 0.0370. The largest absolute Gasteiger partial charge is 0.488 e. The Morgan fingerprint density at radius 2 is 2.14 bits per heavy atom. The van der Waals surface area contributed by atoms with Crippen molar-refractivity contribution in [3.63, 3.8) is 0 Å². The van der Waals surface area contributed by atoms with Gasteiger partial charge >= 0.3 is 7.12 Å². The maximum Gasteiger partial charge on any atom is 0.488 e. The van der Waals surface area contributed by atoms with E-state index in [4.69, 9.17) is 10.0 Å². The van der Waals surface area contributed by atoms with Gasteiger partial charge in [-0.15, -0.1) is 0 Å². The van der Waals surface area contributed by atoms with E-state index in [2.05, 4.69) is 0 Å². The maximum atomic E-state index is 11.5. The predicted molar refractivity (Wildman–Crippen MR) is 55.5 cm³/mol. The molecule has 0 unspecified atom stereocenters. The second kappa shape index (κ2) is 4.93. The standard InChI is InChI=1S/C10H13BO3/c1-2-4-10(12)8-5-3-6-9(7-8)11(13)14/h3,5-7,13-14H,2,4H2,1H3. The molecule has 74 valence electrons. The minimum Gasteiger partial charge on any atom is -0.423 e. The molecule has 0 amide bonds. The zero-order valence-electron chi connectivity index (χ0n) is 8.10. The first kappa shape index (κ1) is 11.0.